The lowest BCUT2D eigenvalue weighted by atomic mass is 10.0. The Morgan fingerprint density at radius 1 is 1.13 bits per heavy atom. The van der Waals surface area contributed by atoms with Crippen molar-refractivity contribution >= 4 is 11.7 Å². The number of amides is 1. The minimum absolute atomic E-state index is 0.000294. The molecule has 1 aromatic heterocycles. The third-order valence-electron chi connectivity index (χ3n) is 5.45. The van der Waals surface area contributed by atoms with Crippen molar-refractivity contribution in [1.29, 1.82) is 0 Å². The molecule has 4 rings (SSSR count). The Morgan fingerprint density at radius 3 is 2.65 bits per heavy atom. The first-order valence-corrected chi connectivity index (χ1v) is 10.2. The van der Waals surface area contributed by atoms with Gasteiger partial charge in [-0.2, -0.15) is 5.10 Å². The van der Waals surface area contributed by atoms with Crippen molar-refractivity contribution < 1.29 is 18.7 Å². The van der Waals surface area contributed by atoms with Crippen LogP contribution in [0.4, 0.5) is 10.2 Å². The van der Waals surface area contributed by atoms with Crippen LogP contribution >= 0.6 is 0 Å². The average Bonchev–Trinajstić information content (AvgIpc) is 3.29. The van der Waals surface area contributed by atoms with Crippen molar-refractivity contribution in [3.8, 4) is 22.8 Å². The minimum atomic E-state index is -0.271. The highest BCUT2D eigenvalue weighted by molar-refractivity contribution is 5.95. The van der Waals surface area contributed by atoms with Gasteiger partial charge in [0, 0.05) is 30.8 Å². The number of H-pyrrole nitrogens is 1. The maximum Gasteiger partial charge on any atom is 0.251 e. The van der Waals surface area contributed by atoms with Gasteiger partial charge in [0.15, 0.2) is 17.3 Å². The van der Waals surface area contributed by atoms with Crippen LogP contribution in [0.5, 0.6) is 11.5 Å². The first-order valence-electron chi connectivity index (χ1n) is 10.2. The second kappa shape index (κ2) is 9.07. The number of hydrogen-bond donors (Lipinski definition) is 2. The summed E-state index contributed by atoms with van der Waals surface area (Å²) in [7, 11) is 3.10. The van der Waals surface area contributed by atoms with E-state index in [9.17, 15) is 9.18 Å². The summed E-state index contributed by atoms with van der Waals surface area (Å²) in [4.78, 5) is 14.9. The average molecular weight is 424 g/mol. The number of carbonyl (C=O) groups is 1. The van der Waals surface area contributed by atoms with E-state index in [4.69, 9.17) is 9.47 Å². The highest BCUT2D eigenvalue weighted by atomic mass is 19.1. The maximum atomic E-state index is 13.2. The largest absolute Gasteiger partial charge is 0.493 e. The number of piperidine rings is 1. The van der Waals surface area contributed by atoms with E-state index in [0.29, 0.717) is 23.6 Å². The lowest BCUT2D eigenvalue weighted by Gasteiger charge is -2.33. The number of rotatable bonds is 6. The molecule has 0 bridgehead atoms. The molecule has 31 heavy (non-hydrogen) atoms. The number of hydrogen-bond acceptors (Lipinski definition) is 5. The van der Waals surface area contributed by atoms with Crippen LogP contribution in [-0.2, 0) is 0 Å². The predicted molar refractivity (Wildman–Crippen MR) is 116 cm³/mol. The van der Waals surface area contributed by atoms with Crippen molar-refractivity contribution in [3.05, 3.63) is 59.9 Å². The Kier molecular flexibility index (Phi) is 6.06. The normalized spacial score (nSPS) is 16.1. The van der Waals surface area contributed by atoms with Crippen molar-refractivity contribution in [3.63, 3.8) is 0 Å². The minimum Gasteiger partial charge on any atom is -0.493 e. The summed E-state index contributed by atoms with van der Waals surface area (Å²) in [5.41, 5.74) is 2.22. The van der Waals surface area contributed by atoms with Crippen molar-refractivity contribution in [1.82, 2.24) is 15.5 Å². The van der Waals surface area contributed by atoms with Crippen molar-refractivity contribution in [2.75, 3.05) is 32.2 Å². The number of nitrogens with one attached hydrogen (secondary N) is 2. The molecule has 0 spiro atoms. The van der Waals surface area contributed by atoms with Crippen LogP contribution in [0.1, 0.15) is 23.2 Å². The number of aromatic amines is 1. The number of aromatic nitrogens is 2. The highest BCUT2D eigenvalue weighted by Gasteiger charge is 2.24. The first-order chi connectivity index (χ1) is 15.1. The third-order valence-corrected chi connectivity index (χ3v) is 5.45. The zero-order valence-corrected chi connectivity index (χ0v) is 17.5. The molecule has 1 aliphatic heterocycles. The maximum absolute atomic E-state index is 13.2. The number of benzene rings is 2. The molecular formula is C23H25FN4O3. The van der Waals surface area contributed by atoms with Crippen LogP contribution in [0, 0.1) is 5.82 Å². The summed E-state index contributed by atoms with van der Waals surface area (Å²) >= 11 is 0. The van der Waals surface area contributed by atoms with Crippen LogP contribution in [0.3, 0.4) is 0 Å². The molecule has 1 aliphatic rings. The summed E-state index contributed by atoms with van der Waals surface area (Å²) in [5.74, 6) is 1.49. The van der Waals surface area contributed by atoms with Crippen LogP contribution in [0.25, 0.3) is 11.3 Å². The summed E-state index contributed by atoms with van der Waals surface area (Å²) in [5, 5.41) is 10.5. The summed E-state index contributed by atoms with van der Waals surface area (Å²) in [6.45, 7) is 1.52. The Hall–Kier alpha value is -3.55. The Labute approximate surface area is 180 Å². The monoisotopic (exact) mass is 424 g/mol. The Bertz CT molecular complexity index is 1050. The lowest BCUT2D eigenvalue weighted by Crippen LogP contribution is -2.48. The van der Waals surface area contributed by atoms with Crippen molar-refractivity contribution in [2.45, 2.75) is 18.9 Å². The summed E-state index contributed by atoms with van der Waals surface area (Å²) in [6.07, 6.45) is 1.83. The van der Waals surface area contributed by atoms with Gasteiger partial charge in [0.2, 0.25) is 0 Å². The molecule has 0 aliphatic carbocycles. The fourth-order valence-corrected chi connectivity index (χ4v) is 3.80. The third kappa shape index (κ3) is 4.63. The van der Waals surface area contributed by atoms with Crippen LogP contribution in [-0.4, -0.2) is 49.5 Å². The SMILES string of the molecule is COc1ccc(C(=O)N[C@@H]2CCCN(c3cc(-c4ccc(F)cc4)[nH]n3)C2)cc1OC. The number of carbonyl (C=O) groups excluding carboxylic acids is 1. The lowest BCUT2D eigenvalue weighted by molar-refractivity contribution is 0.0932. The van der Waals surface area contributed by atoms with E-state index in [2.05, 4.69) is 20.4 Å². The van der Waals surface area contributed by atoms with E-state index in [1.54, 1.807) is 44.6 Å². The van der Waals surface area contributed by atoms with Gasteiger partial charge in [-0.15, -0.1) is 0 Å². The van der Waals surface area contributed by atoms with Gasteiger partial charge in [0.25, 0.3) is 5.91 Å². The summed E-state index contributed by atoms with van der Waals surface area (Å²) < 4.78 is 23.7. The molecule has 0 saturated carbocycles. The van der Waals surface area contributed by atoms with Crippen LogP contribution < -0.4 is 19.7 Å². The van der Waals surface area contributed by atoms with Gasteiger partial charge < -0.3 is 19.7 Å². The van der Waals surface area contributed by atoms with E-state index >= 15 is 0 Å². The molecule has 0 unspecified atom stereocenters. The molecule has 0 radical (unpaired) electrons. The fraction of sp³-hybridized carbons (Fsp3) is 0.304. The molecule has 162 valence electrons. The number of halogens is 1. The Balaban J connectivity index is 1.42. The highest BCUT2D eigenvalue weighted by Crippen LogP contribution is 2.28. The van der Waals surface area contributed by atoms with Crippen LogP contribution in [0.15, 0.2) is 48.5 Å². The molecule has 3 aromatic rings. The zero-order chi connectivity index (χ0) is 21.8. The van der Waals surface area contributed by atoms with E-state index in [-0.39, 0.29) is 17.8 Å². The van der Waals surface area contributed by atoms with Gasteiger partial charge in [-0.05, 0) is 60.9 Å². The van der Waals surface area contributed by atoms with E-state index in [1.165, 1.54) is 12.1 Å². The molecule has 8 heteroatoms. The topological polar surface area (TPSA) is 79.5 Å². The fourth-order valence-electron chi connectivity index (χ4n) is 3.80. The number of ether oxygens (including phenoxy) is 2. The Morgan fingerprint density at radius 2 is 1.90 bits per heavy atom. The molecule has 1 fully saturated rings. The standard InChI is InChI=1S/C23H25FN4O3/c1-30-20-10-7-16(12-21(20)31-2)23(29)25-18-4-3-11-28(14-18)22-13-19(26-27-22)15-5-8-17(24)9-6-15/h5-10,12-13,18H,3-4,11,14H2,1-2H3,(H,25,29)(H,26,27)/t18-/m1/s1. The van der Waals surface area contributed by atoms with Crippen molar-refractivity contribution in [2.24, 2.45) is 0 Å². The van der Waals surface area contributed by atoms with Gasteiger partial charge in [-0.3, -0.25) is 9.89 Å². The second-order valence-corrected chi connectivity index (χ2v) is 7.48. The molecule has 2 aromatic carbocycles. The second-order valence-electron chi connectivity index (χ2n) is 7.48. The first kappa shape index (κ1) is 20.7. The molecule has 2 heterocycles. The molecule has 7 nitrogen and oxygen atoms in total. The van der Waals surface area contributed by atoms with Gasteiger partial charge in [-0.25, -0.2) is 4.39 Å². The number of anilines is 1. The van der Waals surface area contributed by atoms with E-state index in [0.717, 1.165) is 36.5 Å². The summed E-state index contributed by atoms with van der Waals surface area (Å²) in [6, 6.07) is 13.4. The number of nitrogens with zero attached hydrogens (tertiary/aromatic N) is 2. The molecule has 1 saturated heterocycles. The van der Waals surface area contributed by atoms with Gasteiger partial charge >= 0.3 is 0 Å². The van der Waals surface area contributed by atoms with E-state index in [1.807, 2.05) is 6.07 Å². The molecule has 1 amide bonds. The molecule has 1 atom stereocenters. The van der Waals surface area contributed by atoms with Gasteiger partial charge in [0.1, 0.15) is 5.82 Å². The smallest absolute Gasteiger partial charge is 0.251 e. The molecule has 2 N–H and O–H groups in total. The van der Waals surface area contributed by atoms with Gasteiger partial charge in [-0.1, -0.05) is 0 Å². The zero-order valence-electron chi connectivity index (χ0n) is 17.5. The molecular weight excluding hydrogens is 399 g/mol. The van der Waals surface area contributed by atoms with Gasteiger partial charge in [0.05, 0.1) is 19.9 Å². The number of methoxy groups -OCH3 is 2. The predicted octanol–water partition coefficient (Wildman–Crippen LogP) is 3.63. The van der Waals surface area contributed by atoms with E-state index < -0.39 is 0 Å². The quantitative estimate of drug-likeness (QED) is 0.632. The van der Waals surface area contributed by atoms with Crippen LogP contribution in [0.2, 0.25) is 0 Å².